The Morgan fingerprint density at radius 2 is 2.08 bits per heavy atom. The minimum absolute atomic E-state index is 0.0237. The Bertz CT molecular complexity index is 541. The summed E-state index contributed by atoms with van der Waals surface area (Å²) < 4.78 is 21.6. The fraction of sp³-hybridized carbons (Fsp3) is 0.500. The lowest BCUT2D eigenvalue weighted by atomic mass is 10.1. The van der Waals surface area contributed by atoms with Crippen molar-refractivity contribution in [3.63, 3.8) is 0 Å². The van der Waals surface area contributed by atoms with E-state index < -0.39 is 0 Å². The molecule has 0 spiro atoms. The minimum atomic E-state index is 0.0237. The SMILES string of the molecule is C(=Cc1ccc(CCCOC2CCCCO2)cc1)CC1=COCO1. The van der Waals surface area contributed by atoms with Gasteiger partial charge in [-0.25, -0.2) is 0 Å². The third-order valence-corrected chi connectivity index (χ3v) is 4.19. The van der Waals surface area contributed by atoms with Crippen LogP contribution in [0.5, 0.6) is 0 Å². The van der Waals surface area contributed by atoms with Gasteiger partial charge in [0.05, 0.1) is 6.61 Å². The van der Waals surface area contributed by atoms with Gasteiger partial charge >= 0.3 is 0 Å². The van der Waals surface area contributed by atoms with E-state index in [0.29, 0.717) is 6.79 Å². The van der Waals surface area contributed by atoms with Gasteiger partial charge in [0.2, 0.25) is 6.79 Å². The molecule has 1 aromatic rings. The number of hydrogen-bond acceptors (Lipinski definition) is 4. The van der Waals surface area contributed by atoms with E-state index in [2.05, 4.69) is 36.4 Å². The maximum absolute atomic E-state index is 5.77. The predicted octanol–water partition coefficient (Wildman–Crippen LogP) is 4.41. The molecule has 1 aromatic carbocycles. The van der Waals surface area contributed by atoms with Crippen molar-refractivity contribution in [1.82, 2.24) is 0 Å². The number of benzene rings is 1. The second-order valence-electron chi connectivity index (χ2n) is 6.13. The lowest BCUT2D eigenvalue weighted by Gasteiger charge is -2.22. The van der Waals surface area contributed by atoms with Gasteiger partial charge in [0.1, 0.15) is 12.0 Å². The third kappa shape index (κ3) is 5.69. The molecule has 24 heavy (non-hydrogen) atoms. The molecule has 1 saturated heterocycles. The molecule has 3 rings (SSSR count). The summed E-state index contributed by atoms with van der Waals surface area (Å²) in [5, 5.41) is 0. The van der Waals surface area contributed by atoms with E-state index in [1.54, 1.807) is 6.26 Å². The van der Waals surface area contributed by atoms with Crippen LogP contribution in [-0.4, -0.2) is 26.3 Å². The Labute approximate surface area is 144 Å². The summed E-state index contributed by atoms with van der Waals surface area (Å²) in [7, 11) is 0. The van der Waals surface area contributed by atoms with Gasteiger partial charge in [0.15, 0.2) is 6.29 Å². The number of hydrogen-bond donors (Lipinski definition) is 0. The first kappa shape index (κ1) is 17.1. The van der Waals surface area contributed by atoms with Gasteiger partial charge < -0.3 is 18.9 Å². The van der Waals surface area contributed by atoms with E-state index in [0.717, 1.165) is 44.7 Å². The Morgan fingerprint density at radius 1 is 1.17 bits per heavy atom. The Kier molecular flexibility index (Phi) is 6.75. The molecule has 1 unspecified atom stereocenters. The van der Waals surface area contributed by atoms with E-state index >= 15 is 0 Å². The lowest BCUT2D eigenvalue weighted by molar-refractivity contribution is -0.162. The molecule has 0 saturated carbocycles. The molecule has 0 bridgehead atoms. The molecule has 1 fully saturated rings. The zero-order valence-corrected chi connectivity index (χ0v) is 14.1. The van der Waals surface area contributed by atoms with Crippen molar-refractivity contribution < 1.29 is 18.9 Å². The van der Waals surface area contributed by atoms with Crippen LogP contribution in [0.1, 0.15) is 43.2 Å². The van der Waals surface area contributed by atoms with Gasteiger partial charge in [-0.15, -0.1) is 0 Å². The molecule has 130 valence electrons. The zero-order chi connectivity index (χ0) is 16.5. The minimum Gasteiger partial charge on any atom is -0.462 e. The Hall–Kier alpha value is -1.78. The highest BCUT2D eigenvalue weighted by Gasteiger charge is 2.13. The fourth-order valence-corrected chi connectivity index (χ4v) is 2.82. The van der Waals surface area contributed by atoms with E-state index in [1.165, 1.54) is 24.0 Å². The third-order valence-electron chi connectivity index (χ3n) is 4.19. The van der Waals surface area contributed by atoms with Crippen LogP contribution in [0.15, 0.2) is 42.4 Å². The number of rotatable bonds is 8. The van der Waals surface area contributed by atoms with Crippen LogP contribution in [-0.2, 0) is 25.4 Å². The topological polar surface area (TPSA) is 36.9 Å². The first-order valence-corrected chi connectivity index (χ1v) is 8.82. The highest BCUT2D eigenvalue weighted by molar-refractivity contribution is 5.50. The second-order valence-corrected chi connectivity index (χ2v) is 6.13. The van der Waals surface area contributed by atoms with Crippen LogP contribution in [0.2, 0.25) is 0 Å². The molecule has 2 heterocycles. The predicted molar refractivity (Wildman–Crippen MR) is 93.1 cm³/mol. The van der Waals surface area contributed by atoms with Gasteiger partial charge in [0.25, 0.3) is 0 Å². The molecule has 4 heteroatoms. The van der Waals surface area contributed by atoms with Crippen molar-refractivity contribution in [2.75, 3.05) is 20.0 Å². The summed E-state index contributed by atoms with van der Waals surface area (Å²) in [6.45, 7) is 1.95. The van der Waals surface area contributed by atoms with E-state index in [1.807, 2.05) is 0 Å². The van der Waals surface area contributed by atoms with E-state index in [9.17, 15) is 0 Å². The summed E-state index contributed by atoms with van der Waals surface area (Å²) in [6.07, 6.45) is 12.1. The normalized spacial score (nSPS) is 20.7. The fourth-order valence-electron chi connectivity index (χ4n) is 2.82. The van der Waals surface area contributed by atoms with Gasteiger partial charge in [0, 0.05) is 13.0 Å². The van der Waals surface area contributed by atoms with Crippen LogP contribution in [0.4, 0.5) is 0 Å². The van der Waals surface area contributed by atoms with Crippen LogP contribution < -0.4 is 0 Å². The van der Waals surface area contributed by atoms with Crippen molar-refractivity contribution in [2.24, 2.45) is 0 Å². The highest BCUT2D eigenvalue weighted by atomic mass is 16.7. The molecule has 1 atom stereocenters. The van der Waals surface area contributed by atoms with E-state index in [4.69, 9.17) is 18.9 Å². The summed E-state index contributed by atoms with van der Waals surface area (Å²) >= 11 is 0. The quantitative estimate of drug-likeness (QED) is 0.662. The van der Waals surface area contributed by atoms with Crippen molar-refractivity contribution in [2.45, 2.75) is 44.8 Å². The van der Waals surface area contributed by atoms with Gasteiger partial charge in [-0.1, -0.05) is 36.4 Å². The summed E-state index contributed by atoms with van der Waals surface area (Å²) in [5.74, 6) is 0.879. The second kappa shape index (κ2) is 9.50. The Morgan fingerprint density at radius 3 is 2.83 bits per heavy atom. The molecular weight excluding hydrogens is 304 g/mol. The number of ether oxygens (including phenoxy) is 4. The molecule has 2 aliphatic rings. The maximum Gasteiger partial charge on any atom is 0.229 e. The van der Waals surface area contributed by atoms with Gasteiger partial charge in [-0.05, 0) is 43.2 Å². The van der Waals surface area contributed by atoms with Gasteiger partial charge in [-0.2, -0.15) is 0 Å². The molecular formula is C20H26O4. The first-order valence-electron chi connectivity index (χ1n) is 8.82. The van der Waals surface area contributed by atoms with Crippen molar-refractivity contribution in [3.8, 4) is 0 Å². The highest BCUT2D eigenvalue weighted by Crippen LogP contribution is 2.15. The van der Waals surface area contributed by atoms with Crippen LogP contribution in [0.3, 0.4) is 0 Å². The molecule has 2 aliphatic heterocycles. The Balaban J connectivity index is 1.34. The van der Waals surface area contributed by atoms with Crippen LogP contribution in [0, 0.1) is 0 Å². The van der Waals surface area contributed by atoms with Crippen LogP contribution >= 0.6 is 0 Å². The standard InChI is InChI=1S/C20H26O4/c1-2-13-22-20(8-1)23-14-4-6-18-11-9-17(10-12-18)5-3-7-19-15-21-16-24-19/h3,5,9-12,15,20H,1-2,4,6-8,13-14,16H2. The van der Waals surface area contributed by atoms with Gasteiger partial charge in [-0.3, -0.25) is 0 Å². The maximum atomic E-state index is 5.77. The molecule has 4 nitrogen and oxygen atoms in total. The van der Waals surface area contributed by atoms with Crippen molar-refractivity contribution in [1.29, 1.82) is 0 Å². The zero-order valence-electron chi connectivity index (χ0n) is 14.1. The molecule has 0 aliphatic carbocycles. The summed E-state index contributed by atoms with van der Waals surface area (Å²) in [4.78, 5) is 0. The summed E-state index contributed by atoms with van der Waals surface area (Å²) in [6, 6.07) is 8.67. The van der Waals surface area contributed by atoms with Crippen molar-refractivity contribution in [3.05, 3.63) is 53.5 Å². The average Bonchev–Trinajstić information content (AvgIpc) is 3.14. The summed E-state index contributed by atoms with van der Waals surface area (Å²) in [5.41, 5.74) is 2.54. The largest absolute Gasteiger partial charge is 0.462 e. The molecule has 0 radical (unpaired) electrons. The first-order chi connectivity index (χ1) is 11.9. The molecule has 0 N–H and O–H groups in total. The lowest BCUT2D eigenvalue weighted by Crippen LogP contribution is -2.22. The monoisotopic (exact) mass is 330 g/mol. The number of allylic oxidation sites excluding steroid dienone is 1. The molecule has 0 aromatic heterocycles. The van der Waals surface area contributed by atoms with Crippen molar-refractivity contribution >= 4 is 6.08 Å². The average molecular weight is 330 g/mol. The van der Waals surface area contributed by atoms with Crippen LogP contribution in [0.25, 0.3) is 6.08 Å². The van der Waals surface area contributed by atoms with E-state index in [-0.39, 0.29) is 6.29 Å². The smallest absolute Gasteiger partial charge is 0.229 e. The number of aryl methyl sites for hydroxylation is 1. The molecule has 0 amide bonds.